The Morgan fingerprint density at radius 2 is 2.25 bits per heavy atom. The highest BCUT2D eigenvalue weighted by Crippen LogP contribution is 2.32. The Labute approximate surface area is 145 Å². The van der Waals surface area contributed by atoms with E-state index < -0.39 is 16.1 Å². The van der Waals surface area contributed by atoms with Crippen LogP contribution in [0, 0.1) is 0 Å². The van der Waals surface area contributed by atoms with E-state index in [4.69, 9.17) is 9.47 Å². The Balaban J connectivity index is 1.83. The van der Waals surface area contributed by atoms with E-state index in [1.165, 1.54) is 17.8 Å². The van der Waals surface area contributed by atoms with Crippen LogP contribution in [0.1, 0.15) is 12.8 Å². The van der Waals surface area contributed by atoms with Crippen molar-refractivity contribution in [1.82, 2.24) is 4.72 Å². The lowest BCUT2D eigenvalue weighted by Crippen LogP contribution is -2.50. The first kappa shape index (κ1) is 17.7. The number of thioether (sulfide) groups is 1. The molecule has 9 heteroatoms. The molecule has 132 valence electrons. The van der Waals surface area contributed by atoms with E-state index in [2.05, 4.69) is 10.0 Å². The number of carbonyl (C=O) groups excluding carboxylic acids is 1. The van der Waals surface area contributed by atoms with Gasteiger partial charge in [0, 0.05) is 30.8 Å². The number of carbonyl (C=O) groups is 1. The van der Waals surface area contributed by atoms with Crippen molar-refractivity contribution in [1.29, 1.82) is 0 Å². The second-order valence-corrected chi connectivity index (χ2v) is 8.52. The number of hydrogen-bond donors (Lipinski definition) is 2. The molecule has 24 heavy (non-hydrogen) atoms. The van der Waals surface area contributed by atoms with Crippen LogP contribution in [0.25, 0.3) is 0 Å². The maximum absolute atomic E-state index is 12.7. The summed E-state index contributed by atoms with van der Waals surface area (Å²) in [5.41, 5.74) is 0.536. The van der Waals surface area contributed by atoms with Crippen molar-refractivity contribution in [3.05, 3.63) is 18.2 Å². The van der Waals surface area contributed by atoms with Gasteiger partial charge in [0.25, 0.3) is 0 Å². The molecule has 2 atom stereocenters. The van der Waals surface area contributed by atoms with Crippen LogP contribution in [0.4, 0.5) is 5.69 Å². The minimum Gasteiger partial charge on any atom is -0.380 e. The van der Waals surface area contributed by atoms with Gasteiger partial charge in [-0.05, 0) is 24.6 Å². The number of sulfonamides is 1. The molecule has 0 aromatic heterocycles. The van der Waals surface area contributed by atoms with Crippen molar-refractivity contribution >= 4 is 33.4 Å². The second kappa shape index (κ2) is 7.40. The first-order chi connectivity index (χ1) is 11.5. The summed E-state index contributed by atoms with van der Waals surface area (Å²) in [7, 11) is -2.17. The number of methoxy groups -OCH3 is 1. The average molecular weight is 372 g/mol. The second-order valence-electron chi connectivity index (χ2n) is 5.67. The topological polar surface area (TPSA) is 93.7 Å². The Morgan fingerprint density at radius 3 is 3.04 bits per heavy atom. The first-order valence-corrected chi connectivity index (χ1v) is 10.2. The lowest BCUT2D eigenvalue weighted by Gasteiger charge is -2.30. The van der Waals surface area contributed by atoms with Gasteiger partial charge in [0.2, 0.25) is 15.9 Å². The molecule has 1 aromatic rings. The van der Waals surface area contributed by atoms with Crippen LogP contribution in [0.3, 0.4) is 0 Å². The van der Waals surface area contributed by atoms with Gasteiger partial charge < -0.3 is 14.8 Å². The number of hydrogen-bond acceptors (Lipinski definition) is 6. The summed E-state index contributed by atoms with van der Waals surface area (Å²) in [6, 6.07) is 4.35. The van der Waals surface area contributed by atoms with Gasteiger partial charge >= 0.3 is 0 Å². The molecule has 0 radical (unpaired) electrons. The van der Waals surface area contributed by atoms with Gasteiger partial charge in [0.05, 0.1) is 29.3 Å². The Bertz CT molecular complexity index is 723. The Kier molecular flexibility index (Phi) is 5.46. The SMILES string of the molecule is CO[C@@H]1CCOC[C@H]1NS(=O)(=O)c1ccc2c(c1)NC(=O)CCS2. The van der Waals surface area contributed by atoms with Crippen LogP contribution < -0.4 is 10.0 Å². The molecule has 1 fully saturated rings. The van der Waals surface area contributed by atoms with Crippen LogP contribution in [-0.4, -0.2) is 52.5 Å². The summed E-state index contributed by atoms with van der Waals surface area (Å²) in [6.45, 7) is 0.827. The predicted molar refractivity (Wildman–Crippen MR) is 90.8 cm³/mol. The molecule has 7 nitrogen and oxygen atoms in total. The van der Waals surface area contributed by atoms with Crippen LogP contribution in [-0.2, 0) is 24.3 Å². The monoisotopic (exact) mass is 372 g/mol. The Morgan fingerprint density at radius 1 is 1.42 bits per heavy atom. The van der Waals surface area contributed by atoms with E-state index >= 15 is 0 Å². The first-order valence-electron chi connectivity index (χ1n) is 7.69. The van der Waals surface area contributed by atoms with Gasteiger partial charge in [-0.1, -0.05) is 0 Å². The summed E-state index contributed by atoms with van der Waals surface area (Å²) in [6.07, 6.45) is 0.833. The van der Waals surface area contributed by atoms with Crippen LogP contribution >= 0.6 is 11.8 Å². The van der Waals surface area contributed by atoms with Gasteiger partial charge in [-0.3, -0.25) is 4.79 Å². The number of amides is 1. The van der Waals surface area contributed by atoms with Gasteiger partial charge in [0.15, 0.2) is 0 Å². The summed E-state index contributed by atoms with van der Waals surface area (Å²) < 4.78 is 38.7. The molecule has 2 heterocycles. The average Bonchev–Trinajstić information content (AvgIpc) is 2.74. The highest BCUT2D eigenvalue weighted by molar-refractivity contribution is 7.99. The third-order valence-corrected chi connectivity index (χ3v) is 6.59. The van der Waals surface area contributed by atoms with E-state index in [9.17, 15) is 13.2 Å². The summed E-state index contributed by atoms with van der Waals surface area (Å²) in [5, 5.41) is 2.76. The van der Waals surface area contributed by atoms with Crippen molar-refractivity contribution in [2.24, 2.45) is 0 Å². The fraction of sp³-hybridized carbons (Fsp3) is 0.533. The number of nitrogens with one attached hydrogen (secondary N) is 2. The molecule has 2 N–H and O–H groups in total. The molecule has 2 aliphatic heterocycles. The molecule has 3 rings (SSSR count). The zero-order valence-corrected chi connectivity index (χ0v) is 14.9. The molecule has 2 aliphatic rings. The zero-order chi connectivity index (χ0) is 17.2. The highest BCUT2D eigenvalue weighted by atomic mass is 32.2. The van der Waals surface area contributed by atoms with Gasteiger partial charge in [-0.15, -0.1) is 11.8 Å². The minimum absolute atomic E-state index is 0.108. The molecule has 0 bridgehead atoms. The zero-order valence-electron chi connectivity index (χ0n) is 13.3. The molecule has 0 unspecified atom stereocenters. The molecule has 1 aromatic carbocycles. The summed E-state index contributed by atoms with van der Waals surface area (Å²) >= 11 is 1.53. The number of fused-ring (bicyclic) bond motifs is 1. The number of rotatable bonds is 4. The third kappa shape index (κ3) is 3.92. The fourth-order valence-corrected chi connectivity index (χ4v) is 4.96. The minimum atomic E-state index is -3.74. The molecule has 1 saturated heterocycles. The maximum Gasteiger partial charge on any atom is 0.241 e. The van der Waals surface area contributed by atoms with Crippen LogP contribution in [0.5, 0.6) is 0 Å². The van der Waals surface area contributed by atoms with Gasteiger partial charge in [-0.25, -0.2) is 13.1 Å². The normalized spacial score (nSPS) is 24.8. The van der Waals surface area contributed by atoms with Crippen molar-refractivity contribution in [2.45, 2.75) is 34.8 Å². The van der Waals surface area contributed by atoms with Crippen LogP contribution in [0.2, 0.25) is 0 Å². The standard InChI is InChI=1S/C15H20N2O5S2/c1-21-13-4-6-22-9-12(13)17-24(19,20)10-2-3-14-11(8-10)16-15(18)5-7-23-14/h2-3,8,12-13,17H,4-7,9H2,1H3,(H,16,18)/t12-,13-/m1/s1. The lowest BCUT2D eigenvalue weighted by atomic mass is 10.1. The van der Waals surface area contributed by atoms with Crippen LogP contribution in [0.15, 0.2) is 28.0 Å². The molecular formula is C15H20N2O5S2. The quantitative estimate of drug-likeness (QED) is 0.825. The van der Waals surface area contributed by atoms with Crippen molar-refractivity contribution < 1.29 is 22.7 Å². The van der Waals surface area contributed by atoms with Crippen molar-refractivity contribution in [3.8, 4) is 0 Å². The molecule has 1 amide bonds. The number of benzene rings is 1. The fourth-order valence-electron chi connectivity index (χ4n) is 2.74. The van der Waals surface area contributed by atoms with E-state index in [0.29, 0.717) is 30.9 Å². The van der Waals surface area contributed by atoms with Gasteiger partial charge in [0.1, 0.15) is 0 Å². The molecule has 0 aliphatic carbocycles. The Hall–Kier alpha value is -1.13. The van der Waals surface area contributed by atoms with E-state index in [1.807, 2.05) is 0 Å². The van der Waals surface area contributed by atoms with Gasteiger partial charge in [-0.2, -0.15) is 0 Å². The third-order valence-electron chi connectivity index (χ3n) is 4.02. The number of anilines is 1. The summed E-state index contributed by atoms with van der Waals surface area (Å²) in [5.74, 6) is 0.571. The van der Waals surface area contributed by atoms with Crippen molar-refractivity contribution in [3.63, 3.8) is 0 Å². The van der Waals surface area contributed by atoms with E-state index in [1.54, 1.807) is 19.2 Å². The lowest BCUT2D eigenvalue weighted by molar-refractivity contribution is -0.115. The number of ether oxygens (including phenoxy) is 2. The molecular weight excluding hydrogens is 352 g/mol. The van der Waals surface area contributed by atoms with E-state index in [-0.39, 0.29) is 23.5 Å². The predicted octanol–water partition coefficient (Wildman–Crippen LogP) is 1.20. The maximum atomic E-state index is 12.7. The molecule has 0 saturated carbocycles. The van der Waals surface area contributed by atoms with Crippen molar-refractivity contribution in [2.75, 3.05) is 31.4 Å². The summed E-state index contributed by atoms with van der Waals surface area (Å²) in [4.78, 5) is 12.7. The largest absolute Gasteiger partial charge is 0.380 e. The van der Waals surface area contributed by atoms with E-state index in [0.717, 1.165) is 4.90 Å². The highest BCUT2D eigenvalue weighted by Gasteiger charge is 2.30. The molecule has 0 spiro atoms. The smallest absolute Gasteiger partial charge is 0.241 e.